The molecule has 4 nitrogen and oxygen atoms in total. The molecule has 1 saturated carbocycles. The fourth-order valence-electron chi connectivity index (χ4n) is 3.21. The minimum Gasteiger partial charge on any atom is -0.351 e. The third-order valence-electron chi connectivity index (χ3n) is 5.00. The Balaban J connectivity index is 1.46. The maximum absolute atomic E-state index is 12.6. The second-order valence-electron chi connectivity index (χ2n) is 6.79. The summed E-state index contributed by atoms with van der Waals surface area (Å²) in [4.78, 5) is 25.4. The van der Waals surface area contributed by atoms with E-state index < -0.39 is 0 Å². The summed E-state index contributed by atoms with van der Waals surface area (Å²) in [5.74, 6) is -0.112. The Morgan fingerprint density at radius 1 is 1.24 bits per heavy atom. The molecule has 0 unspecified atom stereocenters. The molecule has 2 aliphatic rings. The zero-order chi connectivity index (χ0) is 17.4. The van der Waals surface area contributed by atoms with Crippen LogP contribution >= 0.6 is 11.8 Å². The van der Waals surface area contributed by atoms with Gasteiger partial charge in [0.25, 0.3) is 5.91 Å². The lowest BCUT2D eigenvalue weighted by Crippen LogP contribution is -2.32. The predicted molar refractivity (Wildman–Crippen MR) is 100 cm³/mol. The molecular formula is C20H20N2O2S. The first-order valence-corrected chi connectivity index (χ1v) is 9.41. The van der Waals surface area contributed by atoms with Gasteiger partial charge in [0.1, 0.15) is 0 Å². The molecule has 1 atom stereocenters. The van der Waals surface area contributed by atoms with Crippen molar-refractivity contribution >= 4 is 29.3 Å². The Labute approximate surface area is 151 Å². The number of carbonyl (C=O) groups excluding carboxylic acids is 2. The van der Waals surface area contributed by atoms with E-state index in [1.165, 1.54) is 17.3 Å². The summed E-state index contributed by atoms with van der Waals surface area (Å²) in [6.07, 6.45) is 2.21. The number of amides is 2. The Bertz CT molecular complexity index is 831. The lowest BCUT2D eigenvalue weighted by molar-refractivity contribution is -0.115. The van der Waals surface area contributed by atoms with Crippen LogP contribution in [0.15, 0.2) is 53.4 Å². The van der Waals surface area contributed by atoms with E-state index in [2.05, 4.69) is 22.8 Å². The van der Waals surface area contributed by atoms with Gasteiger partial charge in [-0.25, -0.2) is 0 Å². The third kappa shape index (κ3) is 3.16. The van der Waals surface area contributed by atoms with Crippen molar-refractivity contribution in [3.8, 4) is 0 Å². The van der Waals surface area contributed by atoms with E-state index in [1.807, 2.05) is 37.3 Å². The average molecular weight is 352 g/mol. The highest BCUT2D eigenvalue weighted by molar-refractivity contribution is 8.00. The summed E-state index contributed by atoms with van der Waals surface area (Å²) in [6, 6.07) is 15.9. The Kier molecular flexibility index (Phi) is 4.04. The van der Waals surface area contributed by atoms with Crippen molar-refractivity contribution < 1.29 is 9.59 Å². The molecule has 1 aliphatic heterocycles. The van der Waals surface area contributed by atoms with Crippen LogP contribution in [0.3, 0.4) is 0 Å². The predicted octanol–water partition coefficient (Wildman–Crippen LogP) is 3.58. The first-order valence-electron chi connectivity index (χ1n) is 8.53. The second-order valence-corrected chi connectivity index (χ2v) is 8.17. The number of hydrogen-bond donors (Lipinski definition) is 2. The van der Waals surface area contributed by atoms with E-state index in [0.717, 1.165) is 23.4 Å². The van der Waals surface area contributed by atoms with E-state index in [9.17, 15) is 9.59 Å². The van der Waals surface area contributed by atoms with Crippen LogP contribution in [0.2, 0.25) is 0 Å². The quantitative estimate of drug-likeness (QED) is 0.884. The number of carbonyl (C=O) groups is 2. The topological polar surface area (TPSA) is 58.2 Å². The van der Waals surface area contributed by atoms with Crippen molar-refractivity contribution in [2.75, 3.05) is 11.9 Å². The largest absolute Gasteiger partial charge is 0.351 e. The maximum atomic E-state index is 12.6. The van der Waals surface area contributed by atoms with Crippen LogP contribution in [0, 0.1) is 0 Å². The van der Waals surface area contributed by atoms with Crippen LogP contribution in [0.4, 0.5) is 5.69 Å². The highest BCUT2D eigenvalue weighted by Crippen LogP contribution is 2.47. The minimum absolute atomic E-state index is 0.0175. The number of thioether (sulfide) groups is 1. The first kappa shape index (κ1) is 16.2. The van der Waals surface area contributed by atoms with Crippen LogP contribution in [0.25, 0.3) is 0 Å². The molecule has 0 saturated heterocycles. The van der Waals surface area contributed by atoms with Crippen molar-refractivity contribution in [3.63, 3.8) is 0 Å². The highest BCUT2D eigenvalue weighted by Gasteiger charge is 2.44. The molecule has 4 rings (SSSR count). The third-order valence-corrected chi connectivity index (χ3v) is 6.18. The van der Waals surface area contributed by atoms with Gasteiger partial charge >= 0.3 is 0 Å². The lowest BCUT2D eigenvalue weighted by atomic mass is 9.96. The summed E-state index contributed by atoms with van der Waals surface area (Å²) in [6.45, 7) is 2.52. The molecule has 2 amide bonds. The van der Waals surface area contributed by atoms with E-state index in [1.54, 1.807) is 6.07 Å². The average Bonchev–Trinajstić information content (AvgIpc) is 3.42. The van der Waals surface area contributed by atoms with Crippen molar-refractivity contribution in [2.24, 2.45) is 0 Å². The second kappa shape index (κ2) is 6.23. The van der Waals surface area contributed by atoms with E-state index in [0.29, 0.717) is 12.1 Å². The fraction of sp³-hybridized carbons (Fsp3) is 0.300. The van der Waals surface area contributed by atoms with Gasteiger partial charge < -0.3 is 10.6 Å². The highest BCUT2D eigenvalue weighted by atomic mass is 32.2. The van der Waals surface area contributed by atoms with Gasteiger partial charge in [0, 0.05) is 22.4 Å². The van der Waals surface area contributed by atoms with Gasteiger partial charge in [-0.05, 0) is 43.5 Å². The van der Waals surface area contributed by atoms with Crippen molar-refractivity contribution in [1.82, 2.24) is 5.32 Å². The molecule has 0 bridgehead atoms. The molecule has 5 heteroatoms. The molecule has 25 heavy (non-hydrogen) atoms. The molecular weight excluding hydrogens is 332 g/mol. The molecule has 2 aromatic rings. The zero-order valence-corrected chi connectivity index (χ0v) is 14.9. The van der Waals surface area contributed by atoms with Crippen molar-refractivity contribution in [2.45, 2.75) is 35.3 Å². The first-order chi connectivity index (χ1) is 12.1. The van der Waals surface area contributed by atoms with Crippen LogP contribution < -0.4 is 10.6 Å². The molecule has 2 aromatic carbocycles. The van der Waals surface area contributed by atoms with Crippen LogP contribution in [-0.2, 0) is 10.2 Å². The van der Waals surface area contributed by atoms with Crippen LogP contribution in [0.5, 0.6) is 0 Å². The summed E-state index contributed by atoms with van der Waals surface area (Å²) in [5, 5.41) is 5.84. The zero-order valence-electron chi connectivity index (χ0n) is 14.0. The summed E-state index contributed by atoms with van der Waals surface area (Å²) in [5.41, 5.74) is 2.69. The van der Waals surface area contributed by atoms with Gasteiger partial charge in [-0.2, -0.15) is 0 Å². The van der Waals surface area contributed by atoms with E-state index in [-0.39, 0.29) is 22.5 Å². The normalized spacial score (nSPS) is 20.4. The summed E-state index contributed by atoms with van der Waals surface area (Å²) >= 11 is 1.52. The number of anilines is 1. The van der Waals surface area contributed by atoms with Gasteiger partial charge in [0.2, 0.25) is 5.91 Å². The number of fused-ring (bicyclic) bond motifs is 1. The van der Waals surface area contributed by atoms with E-state index in [4.69, 9.17) is 0 Å². The smallest absolute Gasteiger partial charge is 0.251 e. The molecule has 128 valence electrons. The van der Waals surface area contributed by atoms with Gasteiger partial charge in [-0.15, -0.1) is 11.8 Å². The molecule has 0 spiro atoms. The standard InChI is InChI=1S/C20H20N2O2S/c1-13-18(23)22-16-11-14(7-8-17(16)25-13)19(24)21-12-20(9-10-20)15-5-3-2-4-6-15/h2-8,11,13H,9-10,12H2,1H3,(H,21,24)(H,22,23)/t13-/m0/s1. The van der Waals surface area contributed by atoms with Crippen molar-refractivity contribution in [3.05, 3.63) is 59.7 Å². The lowest BCUT2D eigenvalue weighted by Gasteiger charge is -2.22. The van der Waals surface area contributed by atoms with Crippen LogP contribution in [-0.4, -0.2) is 23.6 Å². The Morgan fingerprint density at radius 2 is 2.00 bits per heavy atom. The summed E-state index contributed by atoms with van der Waals surface area (Å²) < 4.78 is 0. The number of hydrogen-bond acceptors (Lipinski definition) is 3. The fourth-order valence-corrected chi connectivity index (χ4v) is 4.14. The monoisotopic (exact) mass is 352 g/mol. The number of benzene rings is 2. The van der Waals surface area contributed by atoms with Crippen molar-refractivity contribution in [1.29, 1.82) is 0 Å². The molecule has 0 radical (unpaired) electrons. The molecule has 1 fully saturated rings. The number of nitrogens with one attached hydrogen (secondary N) is 2. The molecule has 0 aromatic heterocycles. The SMILES string of the molecule is C[C@@H]1Sc2ccc(C(=O)NCC3(c4ccccc4)CC3)cc2NC1=O. The maximum Gasteiger partial charge on any atom is 0.251 e. The molecule has 1 aliphatic carbocycles. The summed E-state index contributed by atoms with van der Waals surface area (Å²) in [7, 11) is 0. The minimum atomic E-state index is -0.104. The Hall–Kier alpha value is -2.27. The van der Waals surface area contributed by atoms with Gasteiger partial charge in [-0.1, -0.05) is 30.3 Å². The van der Waals surface area contributed by atoms with Gasteiger partial charge in [0.05, 0.1) is 10.9 Å². The molecule has 2 N–H and O–H groups in total. The van der Waals surface area contributed by atoms with Crippen LogP contribution in [0.1, 0.15) is 35.7 Å². The molecule has 1 heterocycles. The van der Waals surface area contributed by atoms with Gasteiger partial charge in [0.15, 0.2) is 0 Å². The van der Waals surface area contributed by atoms with E-state index >= 15 is 0 Å². The Morgan fingerprint density at radius 3 is 2.72 bits per heavy atom. The van der Waals surface area contributed by atoms with Gasteiger partial charge in [-0.3, -0.25) is 9.59 Å². The number of rotatable bonds is 4.